The third-order valence-electron chi connectivity index (χ3n) is 2.86. The number of fused-ring (bicyclic) bond motifs is 1. The normalized spacial score (nSPS) is 19.5. The minimum Gasteiger partial charge on any atom is -0.385 e. The largest absolute Gasteiger partial charge is 0.385 e. The fourth-order valence-corrected chi connectivity index (χ4v) is 2.42. The monoisotopic (exact) mass is 269 g/mol. The van der Waals surface area contributed by atoms with Gasteiger partial charge in [0, 0.05) is 29.9 Å². The van der Waals surface area contributed by atoms with Gasteiger partial charge in [0.15, 0.2) is 0 Å². The van der Waals surface area contributed by atoms with Crippen LogP contribution in [0.5, 0.6) is 0 Å². The third-order valence-corrected chi connectivity index (χ3v) is 3.35. The van der Waals surface area contributed by atoms with E-state index in [4.69, 9.17) is 4.74 Å². The number of methoxy groups -OCH3 is 1. The van der Waals surface area contributed by atoms with E-state index in [0.717, 1.165) is 19.4 Å². The molecule has 0 aliphatic carbocycles. The molecule has 2 nitrogen and oxygen atoms in total. The highest BCUT2D eigenvalue weighted by Gasteiger charge is 2.16. The van der Waals surface area contributed by atoms with Crippen LogP contribution in [0.25, 0.3) is 0 Å². The van der Waals surface area contributed by atoms with Gasteiger partial charge in [0.1, 0.15) is 0 Å². The number of rotatable bonds is 3. The van der Waals surface area contributed by atoms with Gasteiger partial charge in [-0.05, 0) is 43.0 Å². The van der Waals surface area contributed by atoms with Crippen molar-refractivity contribution in [3.05, 3.63) is 28.2 Å². The lowest BCUT2D eigenvalue weighted by Crippen LogP contribution is -2.26. The van der Waals surface area contributed by atoms with Crippen molar-refractivity contribution in [2.24, 2.45) is 0 Å². The van der Waals surface area contributed by atoms with E-state index in [9.17, 15) is 0 Å². The molecule has 0 aromatic heterocycles. The van der Waals surface area contributed by atoms with Crippen molar-refractivity contribution < 1.29 is 4.74 Å². The molecule has 0 saturated carbocycles. The number of halogens is 1. The predicted molar refractivity (Wildman–Crippen MR) is 66.4 cm³/mol. The first-order valence-corrected chi connectivity index (χ1v) is 6.13. The smallest absolute Gasteiger partial charge is 0.0481 e. The van der Waals surface area contributed by atoms with Crippen LogP contribution in [-0.4, -0.2) is 19.8 Å². The van der Waals surface area contributed by atoms with Crippen molar-refractivity contribution in [2.75, 3.05) is 19.0 Å². The summed E-state index contributed by atoms with van der Waals surface area (Å²) >= 11 is 3.50. The molecular weight excluding hydrogens is 254 g/mol. The van der Waals surface area contributed by atoms with E-state index in [2.05, 4.69) is 39.4 Å². The van der Waals surface area contributed by atoms with Crippen LogP contribution < -0.4 is 5.32 Å². The van der Waals surface area contributed by atoms with Gasteiger partial charge >= 0.3 is 0 Å². The Balaban J connectivity index is 2.03. The number of ether oxygens (including phenoxy) is 1. The summed E-state index contributed by atoms with van der Waals surface area (Å²) in [6.45, 7) is 0.837. The maximum absolute atomic E-state index is 5.10. The lowest BCUT2D eigenvalue weighted by Gasteiger charge is -2.27. The number of benzene rings is 1. The summed E-state index contributed by atoms with van der Waals surface area (Å²) in [6.07, 6.45) is 3.45. The van der Waals surface area contributed by atoms with Crippen LogP contribution >= 0.6 is 15.9 Å². The second-order valence-electron chi connectivity index (χ2n) is 3.96. The summed E-state index contributed by atoms with van der Waals surface area (Å²) in [7, 11) is 1.76. The molecule has 1 unspecified atom stereocenters. The van der Waals surface area contributed by atoms with E-state index in [1.807, 2.05) is 0 Å². The molecule has 0 bridgehead atoms. The van der Waals surface area contributed by atoms with Crippen LogP contribution in [0.4, 0.5) is 5.69 Å². The molecule has 1 aromatic carbocycles. The summed E-state index contributed by atoms with van der Waals surface area (Å²) < 4.78 is 6.27. The minimum atomic E-state index is 0.568. The average Bonchev–Trinajstić information content (AvgIpc) is 2.26. The van der Waals surface area contributed by atoms with Gasteiger partial charge in [-0.2, -0.15) is 0 Å². The molecule has 0 fully saturated rings. The molecule has 0 saturated heterocycles. The SMILES string of the molecule is COCCC1CCc2cc(Br)ccc2N1. The molecule has 1 aliphatic heterocycles. The number of aryl methyl sites for hydroxylation is 1. The summed E-state index contributed by atoms with van der Waals surface area (Å²) in [5, 5.41) is 3.56. The number of nitrogens with one attached hydrogen (secondary N) is 1. The van der Waals surface area contributed by atoms with E-state index in [-0.39, 0.29) is 0 Å². The highest BCUT2D eigenvalue weighted by molar-refractivity contribution is 9.10. The van der Waals surface area contributed by atoms with Gasteiger partial charge in [0.05, 0.1) is 0 Å². The van der Waals surface area contributed by atoms with Crippen LogP contribution in [0, 0.1) is 0 Å². The van der Waals surface area contributed by atoms with Crippen molar-refractivity contribution in [3.8, 4) is 0 Å². The first-order valence-electron chi connectivity index (χ1n) is 5.33. The summed E-state index contributed by atoms with van der Waals surface area (Å²) in [5.41, 5.74) is 2.70. The summed E-state index contributed by atoms with van der Waals surface area (Å²) in [4.78, 5) is 0. The van der Waals surface area contributed by atoms with E-state index in [1.165, 1.54) is 22.1 Å². The Bertz CT molecular complexity index is 340. The van der Waals surface area contributed by atoms with Gasteiger partial charge in [0.2, 0.25) is 0 Å². The zero-order chi connectivity index (χ0) is 10.7. The topological polar surface area (TPSA) is 21.3 Å². The summed E-state index contributed by atoms with van der Waals surface area (Å²) in [6, 6.07) is 7.01. The maximum atomic E-state index is 5.10. The van der Waals surface area contributed by atoms with Crippen molar-refractivity contribution in [3.63, 3.8) is 0 Å². The van der Waals surface area contributed by atoms with Crippen LogP contribution in [-0.2, 0) is 11.2 Å². The molecule has 1 aliphatic rings. The molecule has 82 valence electrons. The van der Waals surface area contributed by atoms with E-state index in [0.29, 0.717) is 6.04 Å². The Labute approximate surface area is 99.1 Å². The van der Waals surface area contributed by atoms with Crippen molar-refractivity contribution in [2.45, 2.75) is 25.3 Å². The Morgan fingerprint density at radius 3 is 3.20 bits per heavy atom. The Hall–Kier alpha value is -0.540. The molecule has 0 radical (unpaired) electrons. The average molecular weight is 270 g/mol. The van der Waals surface area contributed by atoms with Crippen LogP contribution in [0.1, 0.15) is 18.4 Å². The van der Waals surface area contributed by atoms with Crippen molar-refractivity contribution in [1.29, 1.82) is 0 Å². The van der Waals surface area contributed by atoms with Gasteiger partial charge < -0.3 is 10.1 Å². The molecule has 1 aromatic rings. The lowest BCUT2D eigenvalue weighted by molar-refractivity contribution is 0.188. The van der Waals surface area contributed by atoms with E-state index < -0.39 is 0 Å². The van der Waals surface area contributed by atoms with Gasteiger partial charge in [-0.1, -0.05) is 15.9 Å². The maximum Gasteiger partial charge on any atom is 0.0481 e. The molecule has 0 amide bonds. The highest BCUT2D eigenvalue weighted by Crippen LogP contribution is 2.28. The molecule has 3 heteroatoms. The number of hydrogen-bond donors (Lipinski definition) is 1. The van der Waals surface area contributed by atoms with Gasteiger partial charge in [-0.25, -0.2) is 0 Å². The van der Waals surface area contributed by atoms with Crippen molar-refractivity contribution >= 4 is 21.6 Å². The van der Waals surface area contributed by atoms with Gasteiger partial charge in [0.25, 0.3) is 0 Å². The second-order valence-corrected chi connectivity index (χ2v) is 4.88. The van der Waals surface area contributed by atoms with E-state index >= 15 is 0 Å². The zero-order valence-electron chi connectivity index (χ0n) is 8.92. The van der Waals surface area contributed by atoms with Crippen LogP contribution in [0.15, 0.2) is 22.7 Å². The first kappa shape index (κ1) is 11.0. The molecule has 1 atom stereocenters. The molecule has 2 rings (SSSR count). The van der Waals surface area contributed by atoms with E-state index in [1.54, 1.807) is 7.11 Å². The lowest BCUT2D eigenvalue weighted by atomic mass is 9.96. The fraction of sp³-hybridized carbons (Fsp3) is 0.500. The first-order chi connectivity index (χ1) is 7.29. The third kappa shape index (κ3) is 2.73. The Morgan fingerprint density at radius 1 is 1.53 bits per heavy atom. The van der Waals surface area contributed by atoms with Gasteiger partial charge in [-0.15, -0.1) is 0 Å². The number of anilines is 1. The summed E-state index contributed by atoms with van der Waals surface area (Å²) in [5.74, 6) is 0. The molecular formula is C12H16BrNO. The Kier molecular flexibility index (Phi) is 3.65. The second kappa shape index (κ2) is 4.99. The number of hydrogen-bond acceptors (Lipinski definition) is 2. The highest BCUT2D eigenvalue weighted by atomic mass is 79.9. The zero-order valence-corrected chi connectivity index (χ0v) is 10.5. The standard InChI is InChI=1S/C12H16BrNO/c1-15-7-6-11-4-2-9-8-10(13)3-5-12(9)14-11/h3,5,8,11,14H,2,4,6-7H2,1H3. The molecule has 1 N–H and O–H groups in total. The van der Waals surface area contributed by atoms with Crippen molar-refractivity contribution in [1.82, 2.24) is 0 Å². The quantitative estimate of drug-likeness (QED) is 0.910. The van der Waals surface area contributed by atoms with Crippen LogP contribution in [0.2, 0.25) is 0 Å². The predicted octanol–water partition coefficient (Wildman–Crippen LogP) is 3.21. The minimum absolute atomic E-state index is 0.568. The Morgan fingerprint density at radius 2 is 2.40 bits per heavy atom. The van der Waals surface area contributed by atoms with Gasteiger partial charge in [-0.3, -0.25) is 0 Å². The molecule has 15 heavy (non-hydrogen) atoms. The molecule has 0 spiro atoms. The fourth-order valence-electron chi connectivity index (χ4n) is 2.01. The molecule has 1 heterocycles. The van der Waals surface area contributed by atoms with Crippen LogP contribution in [0.3, 0.4) is 0 Å².